The van der Waals surface area contributed by atoms with Crippen molar-refractivity contribution in [2.75, 3.05) is 13.1 Å². The van der Waals surface area contributed by atoms with E-state index in [2.05, 4.69) is 5.32 Å². The maximum atomic E-state index is 12.6. The highest BCUT2D eigenvalue weighted by molar-refractivity contribution is 6.68. The second kappa shape index (κ2) is 8.31. The minimum absolute atomic E-state index is 0.0275. The van der Waals surface area contributed by atoms with Crippen LogP contribution in [0.4, 0.5) is 0 Å². The molecule has 2 bridgehead atoms. The van der Waals surface area contributed by atoms with Gasteiger partial charge in [0.25, 0.3) is 5.56 Å². The number of carbonyl (C=O) groups is 1. The Balaban J connectivity index is 1.53. The second-order valence-corrected chi connectivity index (χ2v) is 10.2. The molecule has 5 nitrogen and oxygen atoms in total. The van der Waals surface area contributed by atoms with Gasteiger partial charge in [0.2, 0.25) is 9.70 Å². The van der Waals surface area contributed by atoms with E-state index in [1.54, 1.807) is 12.1 Å². The summed E-state index contributed by atoms with van der Waals surface area (Å²) in [5, 5.41) is 2.92. The number of pyridine rings is 1. The third kappa shape index (κ3) is 4.64. The van der Waals surface area contributed by atoms with Crippen molar-refractivity contribution in [2.45, 2.75) is 35.3 Å². The predicted molar refractivity (Wildman–Crippen MR) is 115 cm³/mol. The van der Waals surface area contributed by atoms with Crippen LogP contribution in [0.5, 0.6) is 0 Å². The first-order chi connectivity index (χ1) is 13.8. The van der Waals surface area contributed by atoms with E-state index in [4.69, 9.17) is 34.8 Å². The maximum Gasteiger partial charge on any atom is 0.250 e. The molecule has 2 aliphatic rings. The fourth-order valence-corrected chi connectivity index (χ4v) is 5.09. The lowest BCUT2D eigenvalue weighted by Crippen LogP contribution is -2.60. The van der Waals surface area contributed by atoms with Crippen LogP contribution in [-0.4, -0.2) is 38.4 Å². The Morgan fingerprint density at radius 1 is 1.07 bits per heavy atom. The van der Waals surface area contributed by atoms with Crippen LogP contribution in [0.2, 0.25) is 0 Å². The Morgan fingerprint density at radius 2 is 1.83 bits per heavy atom. The molecule has 29 heavy (non-hydrogen) atoms. The van der Waals surface area contributed by atoms with Gasteiger partial charge in [0.1, 0.15) is 6.17 Å². The molecule has 4 rings (SSSR count). The highest BCUT2D eigenvalue weighted by atomic mass is 35.6. The number of hydrogen-bond acceptors (Lipinski definition) is 3. The number of likely N-dealkylation sites (tertiary alicyclic amines) is 1. The van der Waals surface area contributed by atoms with Crippen LogP contribution in [-0.2, 0) is 17.8 Å². The number of aromatic nitrogens is 1. The minimum atomic E-state index is -1.67. The number of nitrogens with zero attached hydrogens (tertiary/aromatic N) is 2. The van der Waals surface area contributed by atoms with Crippen molar-refractivity contribution >= 4 is 40.7 Å². The summed E-state index contributed by atoms with van der Waals surface area (Å²) in [5.74, 6) is 0.236. The van der Waals surface area contributed by atoms with Crippen LogP contribution in [0.1, 0.15) is 23.6 Å². The lowest BCUT2D eigenvalue weighted by Gasteiger charge is -2.47. The average Bonchev–Trinajstić information content (AvgIpc) is 2.67. The molecule has 2 aromatic rings. The average molecular weight is 455 g/mol. The van der Waals surface area contributed by atoms with Gasteiger partial charge in [0.15, 0.2) is 0 Å². The van der Waals surface area contributed by atoms with E-state index in [0.717, 1.165) is 17.7 Å². The van der Waals surface area contributed by atoms with Crippen molar-refractivity contribution in [3.8, 4) is 0 Å². The molecular formula is C21H22Cl3N3O2. The summed E-state index contributed by atoms with van der Waals surface area (Å²) in [6, 6.07) is 14.8. The Morgan fingerprint density at radius 3 is 2.55 bits per heavy atom. The molecule has 1 aromatic heterocycles. The standard InChI is InChI=1S/C21H22Cl3N3O2/c22-21(23,24)20(25-18(28)10-14-5-2-1-3-6-14)26-11-15-9-16(13-26)17-7-4-8-19(29)27(17)12-15/h1-8,15-16,20H,9-13H2,(H,25,28). The molecule has 154 valence electrons. The number of benzene rings is 1. The number of alkyl halides is 3. The zero-order valence-electron chi connectivity index (χ0n) is 15.7. The van der Waals surface area contributed by atoms with E-state index in [1.807, 2.05) is 45.9 Å². The van der Waals surface area contributed by atoms with Crippen molar-refractivity contribution in [3.63, 3.8) is 0 Å². The van der Waals surface area contributed by atoms with Gasteiger partial charge in [-0.05, 0) is 24.0 Å². The van der Waals surface area contributed by atoms with E-state index in [-0.39, 0.29) is 29.7 Å². The molecule has 8 heteroatoms. The van der Waals surface area contributed by atoms with Crippen LogP contribution in [0.15, 0.2) is 53.3 Å². The van der Waals surface area contributed by atoms with E-state index in [1.165, 1.54) is 0 Å². The number of amides is 1. The van der Waals surface area contributed by atoms with E-state index >= 15 is 0 Å². The number of carbonyl (C=O) groups excluding carboxylic acids is 1. The van der Waals surface area contributed by atoms with Crippen LogP contribution >= 0.6 is 34.8 Å². The molecule has 2 aliphatic heterocycles. The topological polar surface area (TPSA) is 54.3 Å². The van der Waals surface area contributed by atoms with Crippen molar-refractivity contribution in [1.82, 2.24) is 14.8 Å². The molecule has 0 radical (unpaired) electrons. The first-order valence-electron chi connectivity index (χ1n) is 9.65. The first kappa shape index (κ1) is 20.7. The van der Waals surface area contributed by atoms with Crippen molar-refractivity contribution in [3.05, 3.63) is 70.1 Å². The molecule has 1 amide bonds. The summed E-state index contributed by atoms with van der Waals surface area (Å²) in [6.07, 6.45) is 0.470. The molecule has 3 atom stereocenters. The zero-order valence-corrected chi connectivity index (χ0v) is 18.0. The number of nitrogens with one attached hydrogen (secondary N) is 1. The van der Waals surface area contributed by atoms with Crippen LogP contribution in [0.25, 0.3) is 0 Å². The lowest BCUT2D eigenvalue weighted by molar-refractivity contribution is -0.122. The number of piperidine rings is 1. The second-order valence-electron chi connectivity index (χ2n) is 7.83. The Hall–Kier alpha value is -1.53. The third-order valence-corrected chi connectivity index (χ3v) is 6.31. The SMILES string of the molecule is O=C(Cc1ccccc1)NC(N1CC2CC(C1)c1cccc(=O)n1C2)C(Cl)(Cl)Cl. The van der Waals surface area contributed by atoms with Gasteiger partial charge in [0, 0.05) is 37.3 Å². The highest BCUT2D eigenvalue weighted by Gasteiger charge is 2.44. The minimum Gasteiger partial charge on any atom is -0.336 e. The summed E-state index contributed by atoms with van der Waals surface area (Å²) in [6.45, 7) is 1.91. The molecule has 0 aliphatic carbocycles. The van der Waals surface area contributed by atoms with Gasteiger partial charge in [-0.25, -0.2) is 0 Å². The predicted octanol–water partition coefficient (Wildman–Crippen LogP) is 3.32. The van der Waals surface area contributed by atoms with Gasteiger partial charge in [-0.15, -0.1) is 0 Å². The molecule has 0 saturated carbocycles. The van der Waals surface area contributed by atoms with Gasteiger partial charge in [-0.3, -0.25) is 14.5 Å². The molecule has 1 aromatic carbocycles. The number of hydrogen-bond donors (Lipinski definition) is 1. The molecule has 3 heterocycles. The lowest BCUT2D eigenvalue weighted by atomic mass is 9.83. The monoisotopic (exact) mass is 453 g/mol. The Labute approximate surface area is 184 Å². The summed E-state index contributed by atoms with van der Waals surface area (Å²) in [4.78, 5) is 26.9. The van der Waals surface area contributed by atoms with Gasteiger partial charge in [-0.2, -0.15) is 0 Å². The summed E-state index contributed by atoms with van der Waals surface area (Å²) >= 11 is 18.8. The largest absolute Gasteiger partial charge is 0.336 e. The van der Waals surface area contributed by atoms with Crippen LogP contribution in [0, 0.1) is 5.92 Å². The fraction of sp³-hybridized carbons (Fsp3) is 0.429. The molecular weight excluding hydrogens is 433 g/mol. The normalized spacial score (nSPS) is 22.6. The zero-order chi connectivity index (χ0) is 20.6. The van der Waals surface area contributed by atoms with Gasteiger partial charge >= 0.3 is 0 Å². The van der Waals surface area contributed by atoms with E-state index in [9.17, 15) is 9.59 Å². The molecule has 1 fully saturated rings. The van der Waals surface area contributed by atoms with Crippen molar-refractivity contribution in [2.24, 2.45) is 5.92 Å². The molecule has 0 spiro atoms. The summed E-state index contributed by atoms with van der Waals surface area (Å²) in [7, 11) is 0. The maximum absolute atomic E-state index is 12.6. The van der Waals surface area contributed by atoms with Gasteiger partial charge in [-0.1, -0.05) is 71.2 Å². The quantitative estimate of drug-likeness (QED) is 0.721. The first-order valence-corrected chi connectivity index (χ1v) is 10.8. The highest BCUT2D eigenvalue weighted by Crippen LogP contribution is 2.39. The molecule has 1 N–H and O–H groups in total. The molecule has 3 unspecified atom stereocenters. The van der Waals surface area contributed by atoms with Crippen molar-refractivity contribution < 1.29 is 4.79 Å². The van der Waals surface area contributed by atoms with Crippen LogP contribution < -0.4 is 10.9 Å². The smallest absolute Gasteiger partial charge is 0.250 e. The van der Waals surface area contributed by atoms with E-state index < -0.39 is 9.96 Å². The van der Waals surface area contributed by atoms with E-state index in [0.29, 0.717) is 19.6 Å². The fourth-order valence-electron chi connectivity index (χ4n) is 4.51. The van der Waals surface area contributed by atoms with Gasteiger partial charge in [0.05, 0.1) is 6.42 Å². The van der Waals surface area contributed by atoms with Crippen LogP contribution in [0.3, 0.4) is 0 Å². The Kier molecular flexibility index (Phi) is 5.94. The third-order valence-electron chi connectivity index (χ3n) is 5.69. The molecule has 1 saturated heterocycles. The number of rotatable bonds is 4. The van der Waals surface area contributed by atoms with Gasteiger partial charge < -0.3 is 9.88 Å². The number of fused-ring (bicyclic) bond motifs is 4. The van der Waals surface area contributed by atoms with Crippen molar-refractivity contribution in [1.29, 1.82) is 0 Å². The Bertz CT molecular complexity index is 942. The number of halogens is 3. The summed E-state index contributed by atoms with van der Waals surface area (Å²) < 4.78 is 0.183. The summed E-state index contributed by atoms with van der Waals surface area (Å²) in [5.41, 5.74) is 1.94.